The van der Waals surface area contributed by atoms with Gasteiger partial charge in [-0.05, 0) is 36.6 Å². The molecular formula is C27H38N2O7. The lowest BCUT2D eigenvalue weighted by Crippen LogP contribution is -2.59. The smallest absolute Gasteiger partial charge is 0.247 e. The van der Waals surface area contributed by atoms with E-state index in [1.54, 1.807) is 23.1 Å². The zero-order valence-corrected chi connectivity index (χ0v) is 21.3. The quantitative estimate of drug-likeness (QED) is 0.425. The second-order valence-corrected chi connectivity index (χ2v) is 10.2. The molecule has 2 amide bonds. The number of methoxy groups -OCH3 is 1. The summed E-state index contributed by atoms with van der Waals surface area (Å²) in [4.78, 5) is 28.6. The first-order valence-corrected chi connectivity index (χ1v) is 12.9. The van der Waals surface area contributed by atoms with Crippen molar-refractivity contribution >= 4 is 11.8 Å². The number of hydrogen-bond acceptors (Lipinski definition) is 7. The predicted molar refractivity (Wildman–Crippen MR) is 133 cm³/mol. The number of ether oxygens (including phenoxy) is 2. The van der Waals surface area contributed by atoms with Crippen LogP contribution in [0, 0.1) is 5.92 Å². The van der Waals surface area contributed by atoms with Gasteiger partial charge in [-0.3, -0.25) is 9.59 Å². The fraction of sp³-hybridized carbons (Fsp3) is 0.630. The largest absolute Gasteiger partial charge is 0.493 e. The van der Waals surface area contributed by atoms with E-state index >= 15 is 0 Å². The van der Waals surface area contributed by atoms with Crippen LogP contribution in [0.1, 0.15) is 63.0 Å². The van der Waals surface area contributed by atoms with Crippen molar-refractivity contribution in [1.29, 1.82) is 0 Å². The van der Waals surface area contributed by atoms with Gasteiger partial charge in [0.1, 0.15) is 12.2 Å². The van der Waals surface area contributed by atoms with Gasteiger partial charge in [0, 0.05) is 29.6 Å². The number of amides is 2. The molecule has 0 spiro atoms. The maximum Gasteiger partial charge on any atom is 0.247 e. The van der Waals surface area contributed by atoms with Crippen LogP contribution in [0.15, 0.2) is 23.8 Å². The summed E-state index contributed by atoms with van der Waals surface area (Å²) in [6.45, 7) is 3.33. The SMILES string of the molecule is COc1cc(CO)cc2c1O[C@@H]1[C@@H](O)[C@H](N(C(=O)C(C)C)C3CCCCC3)C=C(C(=O)NCCO)[C@H]21. The zero-order chi connectivity index (χ0) is 26.0. The molecule has 0 aromatic heterocycles. The molecule has 4 rings (SSSR count). The van der Waals surface area contributed by atoms with E-state index in [4.69, 9.17) is 9.47 Å². The first kappa shape index (κ1) is 26.4. The molecule has 4 atom stereocenters. The van der Waals surface area contributed by atoms with Crippen LogP contribution < -0.4 is 14.8 Å². The highest BCUT2D eigenvalue weighted by atomic mass is 16.5. The van der Waals surface area contributed by atoms with Crippen LogP contribution in [-0.4, -0.2) is 76.6 Å². The number of benzene rings is 1. The molecule has 2 aliphatic carbocycles. The van der Waals surface area contributed by atoms with Gasteiger partial charge in [-0.25, -0.2) is 0 Å². The normalized spacial score (nSPS) is 25.5. The number of carbonyl (C=O) groups is 2. The number of nitrogens with zero attached hydrogens (tertiary/aromatic N) is 1. The molecule has 1 aliphatic heterocycles. The highest BCUT2D eigenvalue weighted by Crippen LogP contribution is 2.51. The van der Waals surface area contributed by atoms with E-state index in [-0.39, 0.29) is 43.5 Å². The fourth-order valence-corrected chi connectivity index (χ4v) is 5.82. The van der Waals surface area contributed by atoms with Gasteiger partial charge < -0.3 is 35.0 Å². The van der Waals surface area contributed by atoms with Gasteiger partial charge in [0.25, 0.3) is 0 Å². The Hall–Kier alpha value is -2.62. The highest BCUT2D eigenvalue weighted by Gasteiger charge is 2.52. The molecule has 1 aromatic carbocycles. The number of aliphatic hydroxyl groups excluding tert-OH is 3. The van der Waals surface area contributed by atoms with E-state index in [0.29, 0.717) is 28.2 Å². The van der Waals surface area contributed by atoms with Crippen molar-refractivity contribution in [2.45, 2.75) is 82.8 Å². The Balaban J connectivity index is 1.82. The third-order valence-corrected chi connectivity index (χ3v) is 7.53. The summed E-state index contributed by atoms with van der Waals surface area (Å²) in [5, 5.41) is 33.5. The number of hydrogen-bond donors (Lipinski definition) is 4. The van der Waals surface area contributed by atoms with Crippen LogP contribution in [0.25, 0.3) is 0 Å². The minimum absolute atomic E-state index is 0.0258. The number of carbonyl (C=O) groups excluding carboxylic acids is 2. The topological polar surface area (TPSA) is 129 Å². The summed E-state index contributed by atoms with van der Waals surface area (Å²) in [7, 11) is 1.50. The minimum atomic E-state index is -1.08. The van der Waals surface area contributed by atoms with Crippen molar-refractivity contribution in [3.63, 3.8) is 0 Å². The molecule has 0 radical (unpaired) electrons. The first-order chi connectivity index (χ1) is 17.3. The third-order valence-electron chi connectivity index (χ3n) is 7.53. The van der Waals surface area contributed by atoms with Crippen LogP contribution in [0.4, 0.5) is 0 Å². The Morgan fingerprint density at radius 2 is 1.92 bits per heavy atom. The maximum atomic E-state index is 13.5. The lowest BCUT2D eigenvalue weighted by molar-refractivity contribution is -0.144. The van der Waals surface area contributed by atoms with E-state index in [2.05, 4.69) is 5.32 Å². The molecule has 0 saturated heterocycles. The first-order valence-electron chi connectivity index (χ1n) is 12.9. The van der Waals surface area contributed by atoms with Crippen LogP contribution >= 0.6 is 0 Å². The van der Waals surface area contributed by atoms with Gasteiger partial charge >= 0.3 is 0 Å². The molecule has 9 nitrogen and oxygen atoms in total. The average Bonchev–Trinajstić information content (AvgIpc) is 3.28. The van der Waals surface area contributed by atoms with Crippen molar-refractivity contribution in [2.24, 2.45) is 5.92 Å². The monoisotopic (exact) mass is 502 g/mol. The maximum absolute atomic E-state index is 13.5. The summed E-state index contributed by atoms with van der Waals surface area (Å²) in [6.07, 6.45) is 4.66. The van der Waals surface area contributed by atoms with Crippen LogP contribution in [0.3, 0.4) is 0 Å². The lowest BCUT2D eigenvalue weighted by Gasteiger charge is -2.45. The summed E-state index contributed by atoms with van der Waals surface area (Å²) in [5.74, 6) is -0.511. The van der Waals surface area contributed by atoms with Gasteiger partial charge in [-0.2, -0.15) is 0 Å². The molecular weight excluding hydrogens is 464 g/mol. The number of aliphatic hydroxyl groups is 3. The molecule has 0 unspecified atom stereocenters. The Morgan fingerprint density at radius 3 is 2.53 bits per heavy atom. The van der Waals surface area contributed by atoms with Crippen LogP contribution in [0.5, 0.6) is 11.5 Å². The van der Waals surface area contributed by atoms with Crippen molar-refractivity contribution in [2.75, 3.05) is 20.3 Å². The number of rotatable bonds is 8. The van der Waals surface area contributed by atoms with E-state index in [1.807, 2.05) is 13.8 Å². The Morgan fingerprint density at radius 1 is 1.19 bits per heavy atom. The van der Waals surface area contributed by atoms with Gasteiger partial charge in [0.2, 0.25) is 11.8 Å². The minimum Gasteiger partial charge on any atom is -0.493 e. The van der Waals surface area contributed by atoms with E-state index < -0.39 is 24.2 Å². The van der Waals surface area contributed by atoms with Crippen molar-refractivity contribution in [3.8, 4) is 11.5 Å². The molecule has 1 saturated carbocycles. The molecule has 1 heterocycles. The summed E-state index contributed by atoms with van der Waals surface area (Å²) in [5.41, 5.74) is 1.61. The van der Waals surface area contributed by atoms with Gasteiger partial charge in [-0.15, -0.1) is 0 Å². The van der Waals surface area contributed by atoms with Crippen LogP contribution in [0.2, 0.25) is 0 Å². The van der Waals surface area contributed by atoms with E-state index in [1.165, 1.54) is 7.11 Å². The van der Waals surface area contributed by atoms with Crippen LogP contribution in [-0.2, 0) is 16.2 Å². The number of nitrogens with one attached hydrogen (secondary N) is 1. The average molecular weight is 503 g/mol. The number of fused-ring (bicyclic) bond motifs is 3. The second kappa shape index (κ2) is 11.2. The zero-order valence-electron chi connectivity index (χ0n) is 21.3. The summed E-state index contributed by atoms with van der Waals surface area (Å²) in [6, 6.07) is 2.67. The highest BCUT2D eigenvalue weighted by molar-refractivity contribution is 5.96. The summed E-state index contributed by atoms with van der Waals surface area (Å²) >= 11 is 0. The van der Waals surface area contributed by atoms with Gasteiger partial charge in [0.05, 0.1) is 32.3 Å². The third kappa shape index (κ3) is 4.84. The van der Waals surface area contributed by atoms with Crippen molar-refractivity contribution < 1.29 is 34.4 Å². The standard InChI is InChI=1S/C27H38N2O7/c1-15(2)27(34)29(17-7-5-4-6-8-17)20-13-19(26(33)28-9-10-30)22-18-11-16(14-31)12-21(35-3)24(18)36-25(22)23(20)32/h11-13,15,17,20,22-23,25,30-32H,4-10,14H2,1-3H3,(H,28,33)/t20-,22+,23+,25+/m1/s1. The Kier molecular flexibility index (Phi) is 8.22. The molecule has 198 valence electrons. The van der Waals surface area contributed by atoms with E-state index in [9.17, 15) is 24.9 Å². The predicted octanol–water partition coefficient (Wildman–Crippen LogP) is 1.63. The van der Waals surface area contributed by atoms with E-state index in [0.717, 1.165) is 32.1 Å². The molecule has 0 bridgehead atoms. The van der Waals surface area contributed by atoms with Crippen molar-refractivity contribution in [1.82, 2.24) is 10.2 Å². The molecule has 36 heavy (non-hydrogen) atoms. The van der Waals surface area contributed by atoms with Crippen molar-refractivity contribution in [3.05, 3.63) is 34.9 Å². The molecule has 1 fully saturated rings. The fourth-order valence-electron chi connectivity index (χ4n) is 5.82. The molecule has 1 aromatic rings. The van der Waals surface area contributed by atoms with Gasteiger partial charge in [0.15, 0.2) is 11.5 Å². The molecule has 4 N–H and O–H groups in total. The lowest BCUT2D eigenvalue weighted by atomic mass is 9.76. The van der Waals surface area contributed by atoms with Gasteiger partial charge in [-0.1, -0.05) is 33.1 Å². The molecule has 3 aliphatic rings. The molecule has 9 heteroatoms. The Labute approximate surface area is 212 Å². The Bertz CT molecular complexity index is 1000. The summed E-state index contributed by atoms with van der Waals surface area (Å²) < 4.78 is 11.8. The second-order valence-electron chi connectivity index (χ2n) is 10.2.